The summed E-state index contributed by atoms with van der Waals surface area (Å²) in [5, 5.41) is 9.84. The van der Waals surface area contributed by atoms with Crippen LogP contribution in [0.3, 0.4) is 0 Å². The van der Waals surface area contributed by atoms with Crippen molar-refractivity contribution in [1.82, 2.24) is 0 Å². The first-order valence-corrected chi connectivity index (χ1v) is 5.96. The number of Topliss-reactive ketones (excluding diaryl/α,β-unsaturated/α-hetero) is 1. The van der Waals surface area contributed by atoms with Crippen molar-refractivity contribution in [1.29, 1.82) is 0 Å². The van der Waals surface area contributed by atoms with Crippen molar-refractivity contribution in [2.45, 2.75) is 64.4 Å². The summed E-state index contributed by atoms with van der Waals surface area (Å²) >= 11 is 0. The van der Waals surface area contributed by atoms with E-state index in [1.54, 1.807) is 0 Å². The number of rotatable bonds is 3. The van der Waals surface area contributed by atoms with Gasteiger partial charge in [0.05, 0.1) is 6.10 Å². The Morgan fingerprint density at radius 1 is 1.36 bits per heavy atom. The molecule has 0 bridgehead atoms. The highest BCUT2D eigenvalue weighted by Gasteiger charge is 2.25. The summed E-state index contributed by atoms with van der Waals surface area (Å²) in [4.78, 5) is 11.7. The third kappa shape index (κ3) is 3.41. The summed E-state index contributed by atoms with van der Waals surface area (Å²) in [6, 6.07) is 0. The van der Waals surface area contributed by atoms with E-state index in [2.05, 4.69) is 6.92 Å². The number of carbonyl (C=O) groups is 1. The lowest BCUT2D eigenvalue weighted by atomic mass is 9.85. The Bertz CT molecular complexity index is 177. The molecule has 1 N–H and O–H groups in total. The Labute approximate surface area is 86.7 Å². The predicted octanol–water partition coefficient (Wildman–Crippen LogP) is 2.69. The second-order valence-corrected chi connectivity index (χ2v) is 4.38. The highest BCUT2D eigenvalue weighted by Crippen LogP contribution is 2.24. The molecule has 0 aromatic heterocycles. The fraction of sp³-hybridized carbons (Fsp3) is 0.917. The number of aliphatic hydroxyl groups excluding tert-OH is 1. The fourth-order valence-corrected chi connectivity index (χ4v) is 2.27. The smallest absolute Gasteiger partial charge is 0.138 e. The van der Waals surface area contributed by atoms with Gasteiger partial charge in [-0.15, -0.1) is 0 Å². The van der Waals surface area contributed by atoms with Gasteiger partial charge in [0, 0.05) is 12.3 Å². The topological polar surface area (TPSA) is 37.3 Å². The van der Waals surface area contributed by atoms with Gasteiger partial charge in [-0.1, -0.05) is 32.6 Å². The van der Waals surface area contributed by atoms with Gasteiger partial charge in [0.1, 0.15) is 5.78 Å². The number of ketones is 1. The van der Waals surface area contributed by atoms with Gasteiger partial charge < -0.3 is 5.11 Å². The molecule has 0 aliphatic heterocycles. The van der Waals surface area contributed by atoms with Gasteiger partial charge >= 0.3 is 0 Å². The summed E-state index contributed by atoms with van der Waals surface area (Å²) in [6.07, 6.45) is 7.48. The van der Waals surface area contributed by atoms with Crippen LogP contribution in [-0.2, 0) is 4.79 Å². The minimum atomic E-state index is -0.384. The van der Waals surface area contributed by atoms with Crippen molar-refractivity contribution in [3.05, 3.63) is 0 Å². The average Bonchev–Trinajstić information content (AvgIpc) is 2.12. The molecule has 0 heterocycles. The lowest BCUT2D eigenvalue weighted by Crippen LogP contribution is -2.29. The van der Waals surface area contributed by atoms with E-state index >= 15 is 0 Å². The second-order valence-electron chi connectivity index (χ2n) is 4.38. The average molecular weight is 198 g/mol. The molecular weight excluding hydrogens is 176 g/mol. The zero-order valence-corrected chi connectivity index (χ0v) is 9.17. The van der Waals surface area contributed by atoms with Crippen molar-refractivity contribution >= 4 is 5.78 Å². The van der Waals surface area contributed by atoms with Gasteiger partial charge in [0.15, 0.2) is 0 Å². The molecule has 0 radical (unpaired) electrons. The second kappa shape index (κ2) is 6.18. The summed E-state index contributed by atoms with van der Waals surface area (Å²) < 4.78 is 0. The number of hydrogen-bond acceptors (Lipinski definition) is 2. The molecular formula is C12H22O2. The van der Waals surface area contributed by atoms with Crippen LogP contribution in [-0.4, -0.2) is 17.0 Å². The first-order valence-electron chi connectivity index (χ1n) is 5.96. The molecule has 1 fully saturated rings. The maximum absolute atomic E-state index is 11.7. The van der Waals surface area contributed by atoms with Gasteiger partial charge in [-0.05, 0) is 19.3 Å². The summed E-state index contributed by atoms with van der Waals surface area (Å²) in [6.45, 7) is 2.05. The minimum absolute atomic E-state index is 0.0600. The lowest BCUT2D eigenvalue weighted by Gasteiger charge is -2.23. The number of hydrogen-bond donors (Lipinski definition) is 1. The highest BCUT2D eigenvalue weighted by molar-refractivity contribution is 5.81. The first kappa shape index (κ1) is 11.7. The molecule has 2 unspecified atom stereocenters. The molecule has 0 aromatic rings. The SMILES string of the molecule is CCCC(O)C1CCCCCCC1=O. The summed E-state index contributed by atoms with van der Waals surface area (Å²) in [5.74, 6) is 0.237. The van der Waals surface area contributed by atoms with E-state index in [1.165, 1.54) is 12.8 Å². The van der Waals surface area contributed by atoms with Crippen LogP contribution in [0, 0.1) is 5.92 Å². The van der Waals surface area contributed by atoms with Crippen molar-refractivity contribution in [2.75, 3.05) is 0 Å². The zero-order valence-electron chi connectivity index (χ0n) is 9.17. The minimum Gasteiger partial charge on any atom is -0.392 e. The predicted molar refractivity (Wildman–Crippen MR) is 57.1 cm³/mol. The normalized spacial score (nSPS) is 26.7. The van der Waals surface area contributed by atoms with E-state index in [0.717, 1.165) is 32.1 Å². The maximum atomic E-state index is 11.7. The molecule has 1 saturated carbocycles. The summed E-state index contributed by atoms with van der Waals surface area (Å²) in [5.41, 5.74) is 0. The molecule has 82 valence electrons. The third-order valence-electron chi connectivity index (χ3n) is 3.15. The van der Waals surface area contributed by atoms with E-state index < -0.39 is 0 Å². The van der Waals surface area contributed by atoms with E-state index in [4.69, 9.17) is 0 Å². The van der Waals surface area contributed by atoms with E-state index in [0.29, 0.717) is 12.2 Å². The lowest BCUT2D eigenvalue weighted by molar-refractivity contribution is -0.127. The number of aliphatic hydroxyl groups is 1. The van der Waals surface area contributed by atoms with Gasteiger partial charge in [0.2, 0.25) is 0 Å². The Kier molecular flexibility index (Phi) is 5.16. The van der Waals surface area contributed by atoms with Crippen molar-refractivity contribution in [3.63, 3.8) is 0 Å². The van der Waals surface area contributed by atoms with Crippen molar-refractivity contribution in [3.8, 4) is 0 Å². The van der Waals surface area contributed by atoms with Gasteiger partial charge in [0.25, 0.3) is 0 Å². The highest BCUT2D eigenvalue weighted by atomic mass is 16.3. The standard InChI is InChI=1S/C12H22O2/c1-2-7-11(13)10-8-5-3-4-6-9-12(10)14/h10-11,13H,2-9H2,1H3. The zero-order chi connectivity index (χ0) is 10.4. The molecule has 2 nitrogen and oxygen atoms in total. The van der Waals surface area contributed by atoms with E-state index in [-0.39, 0.29) is 12.0 Å². The molecule has 1 aliphatic rings. The molecule has 14 heavy (non-hydrogen) atoms. The van der Waals surface area contributed by atoms with Crippen LogP contribution in [0.1, 0.15) is 58.3 Å². The van der Waals surface area contributed by atoms with Crippen LogP contribution in [0.2, 0.25) is 0 Å². The molecule has 2 heteroatoms. The molecule has 2 atom stereocenters. The Morgan fingerprint density at radius 3 is 2.79 bits per heavy atom. The molecule has 0 spiro atoms. The molecule has 0 aromatic carbocycles. The third-order valence-corrected chi connectivity index (χ3v) is 3.15. The van der Waals surface area contributed by atoms with E-state index in [1.807, 2.05) is 0 Å². The molecule has 1 aliphatic carbocycles. The van der Waals surface area contributed by atoms with Crippen LogP contribution in [0.5, 0.6) is 0 Å². The van der Waals surface area contributed by atoms with Gasteiger partial charge in [-0.3, -0.25) is 4.79 Å². The monoisotopic (exact) mass is 198 g/mol. The Balaban J connectivity index is 2.48. The molecule has 0 amide bonds. The fourth-order valence-electron chi connectivity index (χ4n) is 2.27. The van der Waals surface area contributed by atoms with Crippen molar-refractivity contribution < 1.29 is 9.90 Å². The molecule has 1 rings (SSSR count). The van der Waals surface area contributed by atoms with E-state index in [9.17, 15) is 9.90 Å². The Hall–Kier alpha value is -0.370. The maximum Gasteiger partial charge on any atom is 0.138 e. The largest absolute Gasteiger partial charge is 0.392 e. The van der Waals surface area contributed by atoms with Crippen LogP contribution >= 0.6 is 0 Å². The van der Waals surface area contributed by atoms with Gasteiger partial charge in [-0.2, -0.15) is 0 Å². The Morgan fingerprint density at radius 2 is 2.07 bits per heavy atom. The van der Waals surface area contributed by atoms with Crippen LogP contribution in [0.15, 0.2) is 0 Å². The number of carbonyl (C=O) groups excluding carboxylic acids is 1. The van der Waals surface area contributed by atoms with Gasteiger partial charge in [-0.25, -0.2) is 0 Å². The molecule has 0 saturated heterocycles. The summed E-state index contributed by atoms with van der Waals surface area (Å²) in [7, 11) is 0. The van der Waals surface area contributed by atoms with Crippen LogP contribution in [0.4, 0.5) is 0 Å². The van der Waals surface area contributed by atoms with Crippen LogP contribution in [0.25, 0.3) is 0 Å². The quantitative estimate of drug-likeness (QED) is 0.757. The van der Waals surface area contributed by atoms with Crippen LogP contribution < -0.4 is 0 Å². The van der Waals surface area contributed by atoms with Crippen molar-refractivity contribution in [2.24, 2.45) is 5.92 Å². The first-order chi connectivity index (χ1) is 6.75.